The van der Waals surface area contributed by atoms with Crippen molar-refractivity contribution < 1.29 is 9.47 Å². The van der Waals surface area contributed by atoms with Crippen LogP contribution in [0.1, 0.15) is 16.7 Å². The summed E-state index contributed by atoms with van der Waals surface area (Å²) in [5.74, 6) is 1.46. The van der Waals surface area contributed by atoms with Crippen molar-refractivity contribution in [2.75, 3.05) is 0 Å². The first-order valence-electron chi connectivity index (χ1n) is 7.71. The summed E-state index contributed by atoms with van der Waals surface area (Å²) in [6.07, 6.45) is 0. The second-order valence-corrected chi connectivity index (χ2v) is 6.25. The van der Waals surface area contributed by atoms with Crippen LogP contribution >= 0.6 is 15.9 Å². The first-order valence-corrected chi connectivity index (χ1v) is 8.50. The Hall–Kier alpha value is -2.26. The van der Waals surface area contributed by atoms with Gasteiger partial charge in [-0.3, -0.25) is 0 Å². The SMILES string of the molecule is [CH2]c1cc(OCc2ccccc2)c(Br)c(OCc2ccccc2)c1. The van der Waals surface area contributed by atoms with Crippen LogP contribution in [-0.2, 0) is 13.2 Å². The van der Waals surface area contributed by atoms with E-state index in [1.807, 2.05) is 72.8 Å². The molecule has 3 rings (SSSR count). The van der Waals surface area contributed by atoms with Gasteiger partial charge < -0.3 is 9.47 Å². The van der Waals surface area contributed by atoms with Crippen LogP contribution in [0.2, 0.25) is 0 Å². The van der Waals surface area contributed by atoms with Crippen LogP contribution in [0.5, 0.6) is 11.5 Å². The van der Waals surface area contributed by atoms with Gasteiger partial charge in [0.2, 0.25) is 0 Å². The molecule has 0 spiro atoms. The standard InChI is InChI=1S/C21H18BrO2/c1-16-12-19(23-14-17-8-4-2-5-9-17)21(22)20(13-16)24-15-18-10-6-3-7-11-18/h2-13H,1,14-15H2. The van der Waals surface area contributed by atoms with E-state index in [2.05, 4.69) is 22.9 Å². The molecule has 0 aliphatic rings. The molecule has 3 aromatic carbocycles. The summed E-state index contributed by atoms with van der Waals surface area (Å²) in [5, 5.41) is 0. The van der Waals surface area contributed by atoms with E-state index < -0.39 is 0 Å². The molecule has 0 aliphatic heterocycles. The summed E-state index contributed by atoms with van der Waals surface area (Å²) in [7, 11) is 0. The summed E-state index contributed by atoms with van der Waals surface area (Å²) in [6.45, 7) is 5.01. The largest absolute Gasteiger partial charge is 0.488 e. The Kier molecular flexibility index (Phi) is 5.55. The van der Waals surface area contributed by atoms with Crippen molar-refractivity contribution in [2.24, 2.45) is 0 Å². The minimum absolute atomic E-state index is 0.501. The van der Waals surface area contributed by atoms with Gasteiger partial charge in [0.05, 0.1) is 0 Å². The highest BCUT2D eigenvalue weighted by atomic mass is 79.9. The molecule has 0 atom stereocenters. The van der Waals surface area contributed by atoms with E-state index in [4.69, 9.17) is 9.47 Å². The zero-order valence-electron chi connectivity index (χ0n) is 13.2. The molecular weight excluding hydrogens is 364 g/mol. The van der Waals surface area contributed by atoms with Crippen LogP contribution in [0.4, 0.5) is 0 Å². The van der Waals surface area contributed by atoms with Gasteiger partial charge in [-0.05, 0) is 51.7 Å². The van der Waals surface area contributed by atoms with Crippen molar-refractivity contribution in [3.05, 3.63) is 101 Å². The fourth-order valence-electron chi connectivity index (χ4n) is 2.31. The lowest BCUT2D eigenvalue weighted by Gasteiger charge is -2.14. The van der Waals surface area contributed by atoms with E-state index in [0.717, 1.165) is 32.7 Å². The third-order valence-electron chi connectivity index (χ3n) is 3.54. The van der Waals surface area contributed by atoms with E-state index in [0.29, 0.717) is 13.2 Å². The van der Waals surface area contributed by atoms with Gasteiger partial charge in [-0.15, -0.1) is 0 Å². The van der Waals surface area contributed by atoms with Gasteiger partial charge in [0.1, 0.15) is 29.2 Å². The second-order valence-electron chi connectivity index (χ2n) is 5.45. The molecule has 0 unspecified atom stereocenters. The molecule has 3 aromatic rings. The van der Waals surface area contributed by atoms with Gasteiger partial charge >= 0.3 is 0 Å². The Labute approximate surface area is 151 Å². The molecule has 0 fully saturated rings. The summed E-state index contributed by atoms with van der Waals surface area (Å²) in [4.78, 5) is 0. The number of benzene rings is 3. The molecular formula is C21H18BrO2. The van der Waals surface area contributed by atoms with Crippen LogP contribution in [0.15, 0.2) is 77.3 Å². The highest BCUT2D eigenvalue weighted by Crippen LogP contribution is 2.36. The zero-order chi connectivity index (χ0) is 16.8. The minimum atomic E-state index is 0.501. The van der Waals surface area contributed by atoms with Crippen molar-refractivity contribution in [1.29, 1.82) is 0 Å². The quantitative estimate of drug-likeness (QED) is 0.537. The van der Waals surface area contributed by atoms with Gasteiger partial charge in [-0.25, -0.2) is 0 Å². The van der Waals surface area contributed by atoms with Gasteiger partial charge in [0.15, 0.2) is 0 Å². The lowest BCUT2D eigenvalue weighted by atomic mass is 10.2. The molecule has 0 N–H and O–H groups in total. The maximum absolute atomic E-state index is 5.93. The zero-order valence-corrected chi connectivity index (χ0v) is 14.8. The number of hydrogen-bond donors (Lipinski definition) is 0. The fraction of sp³-hybridized carbons (Fsp3) is 0.0952. The molecule has 0 amide bonds. The van der Waals surface area contributed by atoms with Crippen molar-refractivity contribution in [2.45, 2.75) is 13.2 Å². The van der Waals surface area contributed by atoms with Crippen LogP contribution < -0.4 is 9.47 Å². The van der Waals surface area contributed by atoms with E-state index in [1.165, 1.54) is 0 Å². The first-order chi connectivity index (χ1) is 11.7. The second kappa shape index (κ2) is 8.02. The van der Waals surface area contributed by atoms with Gasteiger partial charge in [-0.2, -0.15) is 0 Å². The predicted octanol–water partition coefficient (Wildman–Crippen LogP) is 5.79. The average molecular weight is 382 g/mol. The number of ether oxygens (including phenoxy) is 2. The topological polar surface area (TPSA) is 18.5 Å². The Morgan fingerprint density at radius 3 is 1.54 bits per heavy atom. The molecule has 0 aromatic heterocycles. The molecule has 121 valence electrons. The number of hydrogen-bond acceptors (Lipinski definition) is 2. The van der Waals surface area contributed by atoms with Crippen LogP contribution in [-0.4, -0.2) is 0 Å². The summed E-state index contributed by atoms with van der Waals surface area (Å²) >= 11 is 3.58. The highest BCUT2D eigenvalue weighted by molar-refractivity contribution is 9.10. The molecule has 1 radical (unpaired) electrons. The average Bonchev–Trinajstić information content (AvgIpc) is 2.62. The third kappa shape index (κ3) is 4.39. The Morgan fingerprint density at radius 2 is 1.12 bits per heavy atom. The lowest BCUT2D eigenvalue weighted by Crippen LogP contribution is -2.00. The van der Waals surface area contributed by atoms with Crippen LogP contribution in [0.3, 0.4) is 0 Å². The highest BCUT2D eigenvalue weighted by Gasteiger charge is 2.10. The first kappa shape index (κ1) is 16.6. The Morgan fingerprint density at radius 1 is 0.708 bits per heavy atom. The van der Waals surface area contributed by atoms with Gasteiger partial charge in [0, 0.05) is 0 Å². The Balaban J connectivity index is 1.72. The molecule has 0 saturated carbocycles. The van der Waals surface area contributed by atoms with E-state index in [1.54, 1.807) is 0 Å². The van der Waals surface area contributed by atoms with Crippen LogP contribution in [0.25, 0.3) is 0 Å². The number of halogens is 1. The van der Waals surface area contributed by atoms with Crippen LogP contribution in [0, 0.1) is 6.92 Å². The van der Waals surface area contributed by atoms with Gasteiger partial charge in [-0.1, -0.05) is 60.7 Å². The van der Waals surface area contributed by atoms with Crippen molar-refractivity contribution >= 4 is 15.9 Å². The van der Waals surface area contributed by atoms with E-state index in [-0.39, 0.29) is 0 Å². The minimum Gasteiger partial charge on any atom is -0.488 e. The monoisotopic (exact) mass is 381 g/mol. The molecule has 0 bridgehead atoms. The maximum atomic E-state index is 5.93. The molecule has 24 heavy (non-hydrogen) atoms. The smallest absolute Gasteiger partial charge is 0.138 e. The maximum Gasteiger partial charge on any atom is 0.138 e. The predicted molar refractivity (Wildman–Crippen MR) is 100 cm³/mol. The third-order valence-corrected chi connectivity index (χ3v) is 4.32. The molecule has 3 heteroatoms. The molecule has 2 nitrogen and oxygen atoms in total. The summed E-state index contributed by atoms with van der Waals surface area (Å²) in [5.41, 5.74) is 3.08. The summed E-state index contributed by atoms with van der Waals surface area (Å²) < 4.78 is 12.7. The Bertz CT molecular complexity index is 721. The molecule has 0 aliphatic carbocycles. The normalized spacial score (nSPS) is 10.4. The fourth-order valence-corrected chi connectivity index (χ4v) is 2.77. The van der Waals surface area contributed by atoms with Crippen molar-refractivity contribution in [3.63, 3.8) is 0 Å². The van der Waals surface area contributed by atoms with E-state index >= 15 is 0 Å². The van der Waals surface area contributed by atoms with E-state index in [9.17, 15) is 0 Å². The summed E-state index contributed by atoms with van der Waals surface area (Å²) in [6, 6.07) is 23.9. The van der Waals surface area contributed by atoms with Gasteiger partial charge in [0.25, 0.3) is 0 Å². The van der Waals surface area contributed by atoms with Crippen molar-refractivity contribution in [3.8, 4) is 11.5 Å². The van der Waals surface area contributed by atoms with Crippen molar-refractivity contribution in [1.82, 2.24) is 0 Å². The molecule has 0 saturated heterocycles. The lowest BCUT2D eigenvalue weighted by molar-refractivity contribution is 0.286. The molecule has 0 heterocycles. The number of rotatable bonds is 6.